The predicted molar refractivity (Wildman–Crippen MR) is 67.6 cm³/mol. The van der Waals surface area contributed by atoms with E-state index in [9.17, 15) is 18.4 Å². The molecule has 0 radical (unpaired) electrons. The zero-order valence-electron chi connectivity index (χ0n) is 10.1. The molecule has 0 spiro atoms. The molecule has 0 saturated heterocycles. The Balaban J connectivity index is 2.55. The summed E-state index contributed by atoms with van der Waals surface area (Å²) in [6.45, 7) is 0. The minimum absolute atomic E-state index is 0.0294. The molecule has 0 aliphatic heterocycles. The van der Waals surface area contributed by atoms with Gasteiger partial charge in [-0.3, -0.25) is 4.79 Å². The monoisotopic (exact) mass is 298 g/mol. The fourth-order valence-corrected chi connectivity index (χ4v) is 2.54. The van der Waals surface area contributed by atoms with Gasteiger partial charge in [0.05, 0.1) is 17.6 Å². The highest BCUT2D eigenvalue weighted by Gasteiger charge is 2.26. The lowest BCUT2D eigenvalue weighted by molar-refractivity contribution is 0.0688. The molecule has 0 aliphatic carbocycles. The lowest BCUT2D eigenvalue weighted by Gasteiger charge is -2.07. The summed E-state index contributed by atoms with van der Waals surface area (Å²) in [4.78, 5) is 23.0. The fourth-order valence-electron chi connectivity index (χ4n) is 1.68. The minimum Gasteiger partial charge on any atom is -0.496 e. The average molecular weight is 298 g/mol. The Labute approximate surface area is 116 Å². The summed E-state index contributed by atoms with van der Waals surface area (Å²) in [5.41, 5.74) is -0.718. The van der Waals surface area contributed by atoms with Gasteiger partial charge < -0.3 is 9.84 Å². The molecule has 104 valence electrons. The van der Waals surface area contributed by atoms with Crippen LogP contribution in [0.5, 0.6) is 5.75 Å². The highest BCUT2D eigenvalue weighted by atomic mass is 32.1. The third kappa shape index (κ3) is 2.39. The van der Waals surface area contributed by atoms with Crippen LogP contribution in [0.4, 0.5) is 8.78 Å². The number of ketones is 1. The number of aromatic carboxylic acids is 1. The zero-order valence-corrected chi connectivity index (χ0v) is 11.0. The Morgan fingerprint density at radius 3 is 2.60 bits per heavy atom. The highest BCUT2D eigenvalue weighted by molar-refractivity contribution is 7.12. The van der Waals surface area contributed by atoms with Crippen molar-refractivity contribution in [2.24, 2.45) is 0 Å². The van der Waals surface area contributed by atoms with Crippen LogP contribution in [0.1, 0.15) is 25.6 Å². The summed E-state index contributed by atoms with van der Waals surface area (Å²) in [5, 5.41) is 9.86. The van der Waals surface area contributed by atoms with E-state index in [4.69, 9.17) is 9.84 Å². The molecule has 0 bridgehead atoms. The summed E-state index contributed by atoms with van der Waals surface area (Å²) in [6, 6.07) is 3.21. The Kier molecular flexibility index (Phi) is 3.80. The van der Waals surface area contributed by atoms with Crippen molar-refractivity contribution in [3.8, 4) is 5.75 Å². The number of carboxylic acids is 1. The molecule has 0 amide bonds. The molecular formula is C13H8F2O4S. The van der Waals surface area contributed by atoms with Crippen LogP contribution < -0.4 is 4.74 Å². The van der Waals surface area contributed by atoms with Crippen molar-refractivity contribution >= 4 is 23.1 Å². The van der Waals surface area contributed by atoms with Gasteiger partial charge in [-0.2, -0.15) is 0 Å². The number of hydrogen-bond acceptors (Lipinski definition) is 4. The van der Waals surface area contributed by atoms with Gasteiger partial charge in [0.25, 0.3) is 0 Å². The number of benzene rings is 1. The van der Waals surface area contributed by atoms with Crippen LogP contribution in [0.15, 0.2) is 23.6 Å². The molecule has 0 fully saturated rings. The van der Waals surface area contributed by atoms with Crippen molar-refractivity contribution in [1.82, 2.24) is 0 Å². The molecule has 20 heavy (non-hydrogen) atoms. The van der Waals surface area contributed by atoms with Crippen LogP contribution in [0.3, 0.4) is 0 Å². The van der Waals surface area contributed by atoms with Crippen LogP contribution in [0, 0.1) is 11.6 Å². The third-order valence-corrected chi connectivity index (χ3v) is 3.52. The van der Waals surface area contributed by atoms with Crippen molar-refractivity contribution in [2.75, 3.05) is 7.11 Å². The first-order valence-electron chi connectivity index (χ1n) is 5.34. The third-order valence-electron chi connectivity index (χ3n) is 2.57. The lowest BCUT2D eigenvalue weighted by Crippen LogP contribution is -2.09. The zero-order chi connectivity index (χ0) is 14.9. The summed E-state index contributed by atoms with van der Waals surface area (Å²) in [5.74, 6) is -3.89. The molecule has 1 heterocycles. The molecule has 0 saturated carbocycles. The number of thiophene rings is 1. The Morgan fingerprint density at radius 2 is 2.00 bits per heavy atom. The molecule has 4 nitrogen and oxygen atoms in total. The number of halogens is 2. The van der Waals surface area contributed by atoms with Gasteiger partial charge in [0.15, 0.2) is 0 Å². The van der Waals surface area contributed by atoms with E-state index in [-0.39, 0.29) is 16.2 Å². The molecule has 1 aromatic carbocycles. The van der Waals surface area contributed by atoms with Crippen LogP contribution in [-0.4, -0.2) is 24.0 Å². The maximum Gasteiger partial charge on any atom is 0.340 e. The van der Waals surface area contributed by atoms with E-state index < -0.39 is 29.0 Å². The molecular weight excluding hydrogens is 290 g/mol. The van der Waals surface area contributed by atoms with Gasteiger partial charge in [-0.15, -0.1) is 11.3 Å². The topological polar surface area (TPSA) is 63.6 Å². The number of carboxylic acid groups (broad SMARTS) is 1. The van der Waals surface area contributed by atoms with Gasteiger partial charge in [0, 0.05) is 11.4 Å². The number of rotatable bonds is 4. The van der Waals surface area contributed by atoms with Crippen LogP contribution in [-0.2, 0) is 0 Å². The number of carbonyl (C=O) groups excluding carboxylic acids is 1. The van der Waals surface area contributed by atoms with Crippen molar-refractivity contribution in [2.45, 2.75) is 0 Å². The van der Waals surface area contributed by atoms with E-state index in [2.05, 4.69) is 0 Å². The second kappa shape index (κ2) is 5.38. The average Bonchev–Trinajstić information content (AvgIpc) is 2.79. The van der Waals surface area contributed by atoms with Crippen molar-refractivity contribution < 1.29 is 28.2 Å². The van der Waals surface area contributed by atoms with Gasteiger partial charge in [0.2, 0.25) is 5.78 Å². The largest absolute Gasteiger partial charge is 0.496 e. The lowest BCUT2D eigenvalue weighted by atomic mass is 10.1. The number of methoxy groups -OCH3 is 1. The number of ether oxygens (including phenoxy) is 1. The SMILES string of the molecule is COc1cc(F)ccc1C(=O)c1scc(F)c1C(=O)O. The summed E-state index contributed by atoms with van der Waals surface area (Å²) < 4.78 is 31.3. The van der Waals surface area contributed by atoms with Crippen molar-refractivity contribution in [3.05, 3.63) is 51.2 Å². The second-order valence-corrected chi connectivity index (χ2v) is 4.65. The van der Waals surface area contributed by atoms with Gasteiger partial charge in [0.1, 0.15) is 22.9 Å². The van der Waals surface area contributed by atoms with Gasteiger partial charge in [-0.25, -0.2) is 13.6 Å². The van der Waals surface area contributed by atoms with Gasteiger partial charge >= 0.3 is 5.97 Å². The van der Waals surface area contributed by atoms with Gasteiger partial charge in [-0.05, 0) is 12.1 Å². The quantitative estimate of drug-likeness (QED) is 0.881. The predicted octanol–water partition coefficient (Wildman–Crippen LogP) is 2.96. The minimum atomic E-state index is -1.53. The van der Waals surface area contributed by atoms with Crippen LogP contribution in [0.2, 0.25) is 0 Å². The van der Waals surface area contributed by atoms with E-state index in [1.54, 1.807) is 0 Å². The Morgan fingerprint density at radius 1 is 1.30 bits per heavy atom. The Bertz CT molecular complexity index is 694. The molecule has 2 aromatic rings. The summed E-state index contributed by atoms with van der Waals surface area (Å²) >= 11 is 0.676. The molecule has 0 unspecified atom stereocenters. The van der Waals surface area contributed by atoms with E-state index in [0.717, 1.165) is 17.5 Å². The first kappa shape index (κ1) is 14.1. The molecule has 1 N–H and O–H groups in total. The van der Waals surface area contributed by atoms with E-state index >= 15 is 0 Å². The van der Waals surface area contributed by atoms with Crippen LogP contribution in [0.25, 0.3) is 0 Å². The highest BCUT2D eigenvalue weighted by Crippen LogP contribution is 2.28. The van der Waals surface area contributed by atoms with E-state index in [1.807, 2.05) is 0 Å². The fraction of sp³-hybridized carbons (Fsp3) is 0.0769. The van der Waals surface area contributed by atoms with Gasteiger partial charge in [-0.1, -0.05) is 0 Å². The second-order valence-electron chi connectivity index (χ2n) is 3.77. The van der Waals surface area contributed by atoms with E-state index in [0.29, 0.717) is 11.3 Å². The number of carbonyl (C=O) groups is 2. The molecule has 2 rings (SSSR count). The first-order valence-corrected chi connectivity index (χ1v) is 6.22. The molecule has 1 aromatic heterocycles. The summed E-state index contributed by atoms with van der Waals surface area (Å²) in [6.07, 6.45) is 0. The first-order chi connectivity index (χ1) is 9.45. The van der Waals surface area contributed by atoms with Crippen LogP contribution >= 0.6 is 11.3 Å². The maximum absolute atomic E-state index is 13.4. The smallest absolute Gasteiger partial charge is 0.340 e. The Hall–Kier alpha value is -2.28. The van der Waals surface area contributed by atoms with E-state index in [1.165, 1.54) is 13.2 Å². The van der Waals surface area contributed by atoms with Crippen molar-refractivity contribution in [1.29, 1.82) is 0 Å². The normalized spacial score (nSPS) is 10.3. The molecule has 7 heteroatoms. The summed E-state index contributed by atoms with van der Waals surface area (Å²) in [7, 11) is 1.25. The standard InChI is InChI=1S/C13H8F2O4S/c1-19-9-4-6(14)2-3-7(9)11(16)12-10(13(17)18)8(15)5-20-12/h2-5H,1H3,(H,17,18). The molecule has 0 aliphatic rings. The molecule has 0 atom stereocenters. The number of hydrogen-bond donors (Lipinski definition) is 1. The van der Waals surface area contributed by atoms with Crippen molar-refractivity contribution in [3.63, 3.8) is 0 Å². The maximum atomic E-state index is 13.4.